The van der Waals surface area contributed by atoms with Crippen molar-refractivity contribution in [3.8, 4) is 0 Å². The molecule has 3 heterocycles. The molecule has 2 amide bonds. The highest BCUT2D eigenvalue weighted by molar-refractivity contribution is 5.94. The molecule has 3 rings (SSSR count). The van der Waals surface area contributed by atoms with Gasteiger partial charge >= 0.3 is 0 Å². The average Bonchev–Trinajstić information content (AvgIpc) is 2.97. The van der Waals surface area contributed by atoms with E-state index in [2.05, 4.69) is 15.5 Å². The maximum absolute atomic E-state index is 12.7. The van der Waals surface area contributed by atoms with Gasteiger partial charge in [0.2, 0.25) is 5.91 Å². The highest BCUT2D eigenvalue weighted by Gasteiger charge is 2.32. The predicted octanol–water partition coefficient (Wildman–Crippen LogP) is 0.808. The molecular formula is C16H26ClN5O2. The standard InChI is InChI=1S/C16H25N5O2.ClH/c1-16(2,3)15(23)21-8-6-20(7-9-21)14(22)13-11-10-17-5-4-12(11)18-19-13;/h17H,4-10H2,1-3H3,(H,18,19);1H. The van der Waals surface area contributed by atoms with Crippen molar-refractivity contribution < 1.29 is 9.59 Å². The number of fused-ring (bicyclic) bond motifs is 1. The number of carbonyl (C=O) groups is 2. The van der Waals surface area contributed by atoms with Crippen LogP contribution in [0.5, 0.6) is 0 Å². The van der Waals surface area contributed by atoms with Gasteiger partial charge in [-0.3, -0.25) is 14.7 Å². The van der Waals surface area contributed by atoms with E-state index in [-0.39, 0.29) is 29.6 Å². The SMILES string of the molecule is CC(C)(C)C(=O)N1CCN(C(=O)c2n[nH]c3c2CNCC3)CC1.Cl. The zero-order valence-corrected chi connectivity index (χ0v) is 15.3. The molecule has 0 spiro atoms. The van der Waals surface area contributed by atoms with Crippen LogP contribution < -0.4 is 5.32 Å². The second-order valence-corrected chi connectivity index (χ2v) is 7.29. The quantitative estimate of drug-likeness (QED) is 0.781. The van der Waals surface area contributed by atoms with Gasteiger partial charge in [0.05, 0.1) is 0 Å². The van der Waals surface area contributed by atoms with E-state index in [0.29, 0.717) is 38.4 Å². The summed E-state index contributed by atoms with van der Waals surface area (Å²) in [5.41, 5.74) is 2.21. The first-order chi connectivity index (χ1) is 10.9. The average molecular weight is 356 g/mol. The Kier molecular flexibility index (Phi) is 5.55. The van der Waals surface area contributed by atoms with Crippen molar-refractivity contribution in [2.75, 3.05) is 32.7 Å². The summed E-state index contributed by atoms with van der Waals surface area (Å²) in [4.78, 5) is 28.7. The van der Waals surface area contributed by atoms with E-state index in [0.717, 1.165) is 24.2 Å². The second kappa shape index (κ2) is 7.11. The van der Waals surface area contributed by atoms with E-state index in [4.69, 9.17) is 0 Å². The van der Waals surface area contributed by atoms with Crippen LogP contribution in [0.2, 0.25) is 0 Å². The molecular weight excluding hydrogens is 330 g/mol. The maximum atomic E-state index is 12.7. The van der Waals surface area contributed by atoms with Gasteiger partial charge in [-0.2, -0.15) is 5.10 Å². The summed E-state index contributed by atoms with van der Waals surface area (Å²) in [7, 11) is 0. The van der Waals surface area contributed by atoms with E-state index in [9.17, 15) is 9.59 Å². The van der Waals surface area contributed by atoms with Crippen LogP contribution in [0, 0.1) is 5.41 Å². The van der Waals surface area contributed by atoms with Crippen molar-refractivity contribution in [2.24, 2.45) is 5.41 Å². The molecule has 1 aromatic heterocycles. The van der Waals surface area contributed by atoms with E-state index < -0.39 is 0 Å². The summed E-state index contributed by atoms with van der Waals surface area (Å²) in [6.45, 7) is 9.69. The van der Waals surface area contributed by atoms with Gasteiger partial charge in [0.1, 0.15) is 0 Å². The van der Waals surface area contributed by atoms with E-state index in [1.54, 1.807) is 4.90 Å². The lowest BCUT2D eigenvalue weighted by atomic mass is 9.94. The van der Waals surface area contributed by atoms with Crippen molar-refractivity contribution in [2.45, 2.75) is 33.7 Å². The molecule has 2 aliphatic rings. The number of hydrogen-bond acceptors (Lipinski definition) is 4. The van der Waals surface area contributed by atoms with Gasteiger partial charge < -0.3 is 15.1 Å². The number of hydrogen-bond donors (Lipinski definition) is 2. The third-order valence-corrected chi connectivity index (χ3v) is 4.50. The molecule has 1 fully saturated rings. The predicted molar refractivity (Wildman–Crippen MR) is 93.2 cm³/mol. The molecule has 0 bridgehead atoms. The van der Waals surface area contributed by atoms with E-state index in [1.165, 1.54) is 0 Å². The van der Waals surface area contributed by atoms with Gasteiger partial charge in [-0.05, 0) is 0 Å². The minimum absolute atomic E-state index is 0. The summed E-state index contributed by atoms with van der Waals surface area (Å²) < 4.78 is 0. The third kappa shape index (κ3) is 3.57. The first kappa shape index (κ1) is 18.7. The summed E-state index contributed by atoms with van der Waals surface area (Å²) in [6, 6.07) is 0. The third-order valence-electron chi connectivity index (χ3n) is 4.50. The summed E-state index contributed by atoms with van der Waals surface area (Å²) in [5, 5.41) is 10.5. The van der Waals surface area contributed by atoms with Crippen molar-refractivity contribution in [3.63, 3.8) is 0 Å². The van der Waals surface area contributed by atoms with Crippen LogP contribution in [0.25, 0.3) is 0 Å². The molecule has 2 N–H and O–H groups in total. The number of amides is 2. The second-order valence-electron chi connectivity index (χ2n) is 7.29. The molecule has 0 unspecified atom stereocenters. The Balaban J connectivity index is 0.00000208. The molecule has 0 aromatic carbocycles. The van der Waals surface area contributed by atoms with Crippen LogP contribution in [-0.2, 0) is 17.8 Å². The van der Waals surface area contributed by atoms with E-state index >= 15 is 0 Å². The largest absolute Gasteiger partial charge is 0.339 e. The van der Waals surface area contributed by atoms with Crippen LogP contribution >= 0.6 is 12.4 Å². The normalized spacial score (nSPS) is 18.0. The molecule has 0 aliphatic carbocycles. The van der Waals surface area contributed by atoms with Crippen LogP contribution in [0.4, 0.5) is 0 Å². The van der Waals surface area contributed by atoms with Crippen LogP contribution in [0.3, 0.4) is 0 Å². The first-order valence-corrected chi connectivity index (χ1v) is 8.23. The Morgan fingerprint density at radius 1 is 1.08 bits per heavy atom. The number of carbonyl (C=O) groups excluding carboxylic acids is 2. The fraction of sp³-hybridized carbons (Fsp3) is 0.688. The molecule has 0 atom stereocenters. The number of H-pyrrole nitrogens is 1. The number of piperazine rings is 1. The van der Waals surface area contributed by atoms with Gasteiger partial charge in [-0.1, -0.05) is 20.8 Å². The lowest BCUT2D eigenvalue weighted by Crippen LogP contribution is -2.53. The van der Waals surface area contributed by atoms with Gasteiger partial charge in [0.15, 0.2) is 5.69 Å². The van der Waals surface area contributed by atoms with Gasteiger partial charge in [-0.15, -0.1) is 12.4 Å². The Labute approximate surface area is 148 Å². The van der Waals surface area contributed by atoms with Crippen LogP contribution in [0.1, 0.15) is 42.5 Å². The molecule has 2 aliphatic heterocycles. The molecule has 1 saturated heterocycles. The lowest BCUT2D eigenvalue weighted by molar-refractivity contribution is -0.140. The smallest absolute Gasteiger partial charge is 0.274 e. The van der Waals surface area contributed by atoms with Gasteiger partial charge in [0.25, 0.3) is 5.91 Å². The fourth-order valence-electron chi connectivity index (χ4n) is 3.14. The molecule has 134 valence electrons. The number of halogens is 1. The zero-order valence-electron chi connectivity index (χ0n) is 14.5. The van der Waals surface area contributed by atoms with Crippen LogP contribution in [-0.4, -0.2) is 64.5 Å². The Morgan fingerprint density at radius 3 is 2.33 bits per heavy atom. The zero-order chi connectivity index (χ0) is 16.6. The molecule has 7 nitrogen and oxygen atoms in total. The Bertz CT molecular complexity index is 614. The fourth-order valence-corrected chi connectivity index (χ4v) is 3.14. The van der Waals surface area contributed by atoms with Crippen molar-refractivity contribution in [3.05, 3.63) is 17.0 Å². The Morgan fingerprint density at radius 2 is 1.71 bits per heavy atom. The lowest BCUT2D eigenvalue weighted by Gasteiger charge is -2.37. The molecule has 0 radical (unpaired) electrons. The summed E-state index contributed by atoms with van der Waals surface area (Å²) in [5.74, 6) is 0.111. The van der Waals surface area contributed by atoms with Crippen molar-refractivity contribution >= 4 is 24.2 Å². The number of nitrogens with zero attached hydrogens (tertiary/aromatic N) is 3. The maximum Gasteiger partial charge on any atom is 0.274 e. The number of aromatic nitrogens is 2. The number of rotatable bonds is 1. The van der Waals surface area contributed by atoms with Gasteiger partial charge in [-0.25, -0.2) is 0 Å². The van der Waals surface area contributed by atoms with Gasteiger partial charge in [0, 0.05) is 62.4 Å². The topological polar surface area (TPSA) is 81.3 Å². The molecule has 8 heteroatoms. The number of aromatic amines is 1. The first-order valence-electron chi connectivity index (χ1n) is 8.23. The molecule has 1 aromatic rings. The highest BCUT2D eigenvalue weighted by Crippen LogP contribution is 2.21. The minimum Gasteiger partial charge on any atom is -0.339 e. The monoisotopic (exact) mass is 355 g/mol. The minimum atomic E-state index is -0.376. The van der Waals surface area contributed by atoms with Crippen molar-refractivity contribution in [1.29, 1.82) is 0 Å². The molecule has 0 saturated carbocycles. The van der Waals surface area contributed by atoms with E-state index in [1.807, 2.05) is 25.7 Å². The van der Waals surface area contributed by atoms with Crippen molar-refractivity contribution in [1.82, 2.24) is 25.3 Å². The summed E-state index contributed by atoms with van der Waals surface area (Å²) >= 11 is 0. The Hall–Kier alpha value is -1.60. The molecule has 24 heavy (non-hydrogen) atoms. The summed E-state index contributed by atoms with van der Waals surface area (Å²) in [6.07, 6.45) is 0.878. The number of nitrogens with one attached hydrogen (secondary N) is 2. The highest BCUT2D eigenvalue weighted by atomic mass is 35.5. The van der Waals surface area contributed by atoms with Crippen LogP contribution in [0.15, 0.2) is 0 Å².